The van der Waals surface area contributed by atoms with E-state index in [2.05, 4.69) is 4.98 Å². The fourth-order valence-corrected chi connectivity index (χ4v) is 2.38. The maximum atomic E-state index is 11.8. The number of nitrogens with zero attached hydrogens (tertiary/aromatic N) is 2. The molecule has 2 aromatic rings. The van der Waals surface area contributed by atoms with Crippen LogP contribution in [-0.2, 0) is 16.1 Å². The normalized spacial score (nSPS) is 18.2. The molecule has 1 fully saturated rings. The van der Waals surface area contributed by atoms with E-state index >= 15 is 0 Å². The number of hydrogen-bond acceptors (Lipinski definition) is 4. The van der Waals surface area contributed by atoms with Crippen molar-refractivity contribution < 1.29 is 19.1 Å². The number of hydrogen-bond donors (Lipinski definition) is 1. The Labute approximate surface area is 121 Å². The van der Waals surface area contributed by atoms with E-state index in [1.54, 1.807) is 0 Å². The van der Waals surface area contributed by atoms with Gasteiger partial charge in [-0.15, -0.1) is 0 Å². The topological polar surface area (TPSA) is 83.6 Å². The van der Waals surface area contributed by atoms with E-state index in [0.717, 1.165) is 5.56 Å². The third kappa shape index (κ3) is 2.79. The van der Waals surface area contributed by atoms with E-state index in [1.807, 2.05) is 30.3 Å². The van der Waals surface area contributed by atoms with Crippen LogP contribution in [0.25, 0.3) is 11.5 Å². The number of rotatable bonds is 4. The Hall–Kier alpha value is -2.63. The minimum absolute atomic E-state index is 0.0543. The first-order chi connectivity index (χ1) is 10.1. The lowest BCUT2D eigenvalue weighted by Crippen LogP contribution is -2.25. The number of carboxylic acids is 1. The second-order valence-corrected chi connectivity index (χ2v) is 5.02. The molecule has 1 saturated heterocycles. The van der Waals surface area contributed by atoms with Gasteiger partial charge in [-0.05, 0) is 12.1 Å². The van der Waals surface area contributed by atoms with Crippen LogP contribution in [0.15, 0.2) is 41.0 Å². The van der Waals surface area contributed by atoms with Crippen molar-refractivity contribution in [2.75, 3.05) is 6.54 Å². The molecule has 1 N–H and O–H groups in total. The van der Waals surface area contributed by atoms with Crippen molar-refractivity contribution in [3.8, 4) is 11.5 Å². The van der Waals surface area contributed by atoms with Crippen molar-refractivity contribution in [3.05, 3.63) is 42.3 Å². The molecule has 0 aliphatic carbocycles. The molecule has 0 bridgehead atoms. The molecule has 1 aromatic heterocycles. The van der Waals surface area contributed by atoms with Gasteiger partial charge in [-0.3, -0.25) is 9.59 Å². The molecular formula is C15H14N2O4. The Morgan fingerprint density at radius 2 is 2.14 bits per heavy atom. The lowest BCUT2D eigenvalue weighted by Gasteiger charge is -2.13. The van der Waals surface area contributed by atoms with E-state index < -0.39 is 11.9 Å². The van der Waals surface area contributed by atoms with Crippen molar-refractivity contribution in [1.82, 2.24) is 9.88 Å². The smallest absolute Gasteiger partial charge is 0.308 e. The Morgan fingerprint density at radius 1 is 1.38 bits per heavy atom. The Morgan fingerprint density at radius 3 is 2.81 bits per heavy atom. The molecule has 1 aromatic carbocycles. The average Bonchev–Trinajstić information content (AvgIpc) is 3.08. The molecule has 1 amide bonds. The van der Waals surface area contributed by atoms with Crippen LogP contribution in [0, 0.1) is 5.92 Å². The fourth-order valence-electron chi connectivity index (χ4n) is 2.38. The summed E-state index contributed by atoms with van der Waals surface area (Å²) in [4.78, 5) is 28.5. The highest BCUT2D eigenvalue weighted by molar-refractivity contribution is 5.86. The third-order valence-electron chi connectivity index (χ3n) is 3.49. The van der Waals surface area contributed by atoms with Crippen molar-refractivity contribution in [2.45, 2.75) is 13.0 Å². The summed E-state index contributed by atoms with van der Waals surface area (Å²) >= 11 is 0. The molecule has 0 spiro atoms. The highest BCUT2D eigenvalue weighted by Gasteiger charge is 2.34. The minimum Gasteiger partial charge on any atom is -0.481 e. The third-order valence-corrected chi connectivity index (χ3v) is 3.49. The molecule has 0 unspecified atom stereocenters. The highest BCUT2D eigenvalue weighted by Crippen LogP contribution is 2.22. The minimum atomic E-state index is -0.934. The lowest BCUT2D eigenvalue weighted by atomic mass is 10.1. The van der Waals surface area contributed by atoms with Gasteiger partial charge < -0.3 is 14.4 Å². The summed E-state index contributed by atoms with van der Waals surface area (Å²) in [7, 11) is 0. The number of aliphatic carboxylic acids is 1. The van der Waals surface area contributed by atoms with E-state index in [-0.39, 0.29) is 25.4 Å². The van der Waals surface area contributed by atoms with Gasteiger partial charge in [-0.25, -0.2) is 4.98 Å². The van der Waals surface area contributed by atoms with Gasteiger partial charge in [-0.1, -0.05) is 18.2 Å². The van der Waals surface area contributed by atoms with Crippen molar-refractivity contribution in [1.29, 1.82) is 0 Å². The average molecular weight is 286 g/mol. The Bertz CT molecular complexity index is 665. The number of amides is 1. The predicted octanol–water partition coefficient (Wildman–Crippen LogP) is 1.77. The molecule has 0 saturated carbocycles. The molecule has 108 valence electrons. The van der Waals surface area contributed by atoms with Gasteiger partial charge in [0.05, 0.1) is 18.2 Å². The van der Waals surface area contributed by atoms with Crippen molar-refractivity contribution in [3.63, 3.8) is 0 Å². The number of carboxylic acid groups (broad SMARTS) is 1. The van der Waals surface area contributed by atoms with Crippen LogP contribution in [0.1, 0.15) is 12.1 Å². The van der Waals surface area contributed by atoms with Crippen LogP contribution in [-0.4, -0.2) is 33.4 Å². The van der Waals surface area contributed by atoms with Crippen molar-refractivity contribution in [2.24, 2.45) is 5.92 Å². The predicted molar refractivity (Wildman–Crippen MR) is 73.1 cm³/mol. The number of carbonyl (C=O) groups excluding carboxylic acids is 1. The second-order valence-electron chi connectivity index (χ2n) is 5.02. The number of benzene rings is 1. The van der Waals surface area contributed by atoms with Gasteiger partial charge in [0.1, 0.15) is 6.26 Å². The highest BCUT2D eigenvalue weighted by atomic mass is 16.4. The van der Waals surface area contributed by atoms with Crippen LogP contribution in [0.3, 0.4) is 0 Å². The summed E-state index contributed by atoms with van der Waals surface area (Å²) in [6.07, 6.45) is 1.56. The monoisotopic (exact) mass is 286 g/mol. The zero-order chi connectivity index (χ0) is 14.8. The van der Waals surface area contributed by atoms with Gasteiger partial charge in [0.25, 0.3) is 0 Å². The summed E-state index contributed by atoms with van der Waals surface area (Å²) in [5.41, 5.74) is 1.48. The van der Waals surface area contributed by atoms with Gasteiger partial charge in [0.15, 0.2) is 0 Å². The molecule has 0 radical (unpaired) electrons. The molecule has 6 nitrogen and oxygen atoms in total. The van der Waals surface area contributed by atoms with Crippen LogP contribution in [0.4, 0.5) is 0 Å². The number of aromatic nitrogens is 1. The first kappa shape index (κ1) is 13.4. The molecular weight excluding hydrogens is 272 g/mol. The van der Waals surface area contributed by atoms with E-state index in [4.69, 9.17) is 9.52 Å². The molecule has 2 heterocycles. The maximum absolute atomic E-state index is 11.8. The Kier molecular flexibility index (Phi) is 3.43. The first-order valence-corrected chi connectivity index (χ1v) is 6.64. The van der Waals surface area contributed by atoms with Gasteiger partial charge >= 0.3 is 5.97 Å². The zero-order valence-corrected chi connectivity index (χ0v) is 11.2. The van der Waals surface area contributed by atoms with Crippen LogP contribution < -0.4 is 0 Å². The summed E-state index contributed by atoms with van der Waals surface area (Å²) in [5, 5.41) is 8.95. The maximum Gasteiger partial charge on any atom is 0.308 e. The standard InChI is InChI=1S/C15H14N2O4/c18-13-6-11(15(19)20)7-17(13)8-12-9-21-14(16-12)10-4-2-1-3-5-10/h1-5,9,11H,6-8H2,(H,19,20)/t11-/m1/s1. The van der Waals surface area contributed by atoms with E-state index in [9.17, 15) is 9.59 Å². The molecule has 6 heteroatoms. The SMILES string of the molecule is O=C(O)[C@@H]1CC(=O)N(Cc2coc(-c3ccccc3)n2)C1. The lowest BCUT2D eigenvalue weighted by molar-refractivity contribution is -0.141. The van der Waals surface area contributed by atoms with E-state index in [0.29, 0.717) is 11.6 Å². The fraction of sp³-hybridized carbons (Fsp3) is 0.267. The van der Waals surface area contributed by atoms with Gasteiger partial charge in [0.2, 0.25) is 11.8 Å². The molecule has 21 heavy (non-hydrogen) atoms. The second kappa shape index (κ2) is 5.40. The molecule has 1 atom stereocenters. The van der Waals surface area contributed by atoms with Crippen molar-refractivity contribution >= 4 is 11.9 Å². The number of carbonyl (C=O) groups is 2. The first-order valence-electron chi connectivity index (χ1n) is 6.64. The molecule has 3 rings (SSSR count). The van der Waals surface area contributed by atoms with Gasteiger partial charge in [0, 0.05) is 18.5 Å². The molecule has 1 aliphatic heterocycles. The summed E-state index contributed by atoms with van der Waals surface area (Å²) < 4.78 is 5.41. The summed E-state index contributed by atoms with van der Waals surface area (Å²) in [5.74, 6) is -1.23. The molecule has 1 aliphatic rings. The van der Waals surface area contributed by atoms with Crippen LogP contribution in [0.2, 0.25) is 0 Å². The Balaban J connectivity index is 1.71. The van der Waals surface area contributed by atoms with Gasteiger partial charge in [-0.2, -0.15) is 0 Å². The quantitative estimate of drug-likeness (QED) is 0.926. The summed E-state index contributed by atoms with van der Waals surface area (Å²) in [6, 6.07) is 9.46. The van der Waals surface area contributed by atoms with Crippen LogP contribution in [0.5, 0.6) is 0 Å². The largest absolute Gasteiger partial charge is 0.481 e. The zero-order valence-electron chi connectivity index (χ0n) is 11.2. The van der Waals surface area contributed by atoms with Crippen LogP contribution >= 0.6 is 0 Å². The summed E-state index contributed by atoms with van der Waals surface area (Å²) in [6.45, 7) is 0.501. The number of oxazole rings is 1. The van der Waals surface area contributed by atoms with E-state index in [1.165, 1.54) is 11.2 Å². The number of likely N-dealkylation sites (tertiary alicyclic amines) is 1.